The number of piperidine rings is 1. The van der Waals surface area contributed by atoms with Gasteiger partial charge >= 0.3 is 5.76 Å². The summed E-state index contributed by atoms with van der Waals surface area (Å²) in [6.07, 6.45) is 3.35. The SMILES string of the molecule is CN1[C@@H]2CC[C@H]1CC(S(=O)(=O)c1cc3oc(=O)[nH]c3cc1Cl)C2. The van der Waals surface area contributed by atoms with Crippen molar-refractivity contribution in [3.8, 4) is 0 Å². The summed E-state index contributed by atoms with van der Waals surface area (Å²) in [5, 5.41) is -0.308. The third-order valence-corrected chi connectivity index (χ3v) is 7.91. The summed E-state index contributed by atoms with van der Waals surface area (Å²) in [7, 11) is -1.49. The molecule has 4 rings (SSSR count). The van der Waals surface area contributed by atoms with Crippen LogP contribution in [0.5, 0.6) is 0 Å². The topological polar surface area (TPSA) is 83.4 Å². The number of benzene rings is 1. The summed E-state index contributed by atoms with van der Waals surface area (Å²) in [4.78, 5) is 16.1. The molecule has 1 aromatic carbocycles. The van der Waals surface area contributed by atoms with Crippen LogP contribution >= 0.6 is 11.6 Å². The van der Waals surface area contributed by atoms with E-state index >= 15 is 0 Å². The van der Waals surface area contributed by atoms with E-state index in [0.29, 0.717) is 30.4 Å². The van der Waals surface area contributed by atoms with Crippen LogP contribution < -0.4 is 5.76 Å². The van der Waals surface area contributed by atoms with E-state index in [1.807, 2.05) is 0 Å². The molecule has 2 bridgehead atoms. The van der Waals surface area contributed by atoms with Crippen LogP contribution in [0.25, 0.3) is 11.1 Å². The normalized spacial score (nSPS) is 28.5. The molecule has 2 aliphatic heterocycles. The predicted molar refractivity (Wildman–Crippen MR) is 86.6 cm³/mol. The molecule has 1 aromatic heterocycles. The van der Waals surface area contributed by atoms with Crippen LogP contribution in [0.15, 0.2) is 26.2 Å². The Morgan fingerprint density at radius 2 is 1.91 bits per heavy atom. The first-order chi connectivity index (χ1) is 10.9. The van der Waals surface area contributed by atoms with Crippen LogP contribution in [0.2, 0.25) is 5.02 Å². The molecule has 124 valence electrons. The number of halogens is 1. The minimum atomic E-state index is -3.56. The molecule has 3 heterocycles. The second kappa shape index (κ2) is 5.09. The maximum absolute atomic E-state index is 13.1. The van der Waals surface area contributed by atoms with E-state index in [9.17, 15) is 13.2 Å². The van der Waals surface area contributed by atoms with Gasteiger partial charge in [0.15, 0.2) is 15.4 Å². The number of hydrogen-bond acceptors (Lipinski definition) is 5. The maximum Gasteiger partial charge on any atom is 0.417 e. The lowest BCUT2D eigenvalue weighted by molar-refractivity contribution is 0.180. The molecule has 23 heavy (non-hydrogen) atoms. The van der Waals surface area contributed by atoms with Crippen molar-refractivity contribution in [1.82, 2.24) is 9.88 Å². The van der Waals surface area contributed by atoms with Crippen molar-refractivity contribution >= 4 is 32.5 Å². The van der Waals surface area contributed by atoms with Gasteiger partial charge in [0.1, 0.15) is 0 Å². The lowest BCUT2D eigenvalue weighted by atomic mass is 10.0. The number of nitrogens with zero attached hydrogens (tertiary/aromatic N) is 1. The Morgan fingerprint density at radius 3 is 2.57 bits per heavy atom. The molecule has 1 unspecified atom stereocenters. The number of rotatable bonds is 2. The number of sulfone groups is 1. The largest absolute Gasteiger partial charge is 0.417 e. The summed E-state index contributed by atoms with van der Waals surface area (Å²) in [6, 6.07) is 3.45. The Kier molecular flexibility index (Phi) is 3.37. The first-order valence-corrected chi connectivity index (χ1v) is 9.57. The zero-order chi connectivity index (χ0) is 16.4. The smallest absolute Gasteiger partial charge is 0.408 e. The summed E-state index contributed by atoms with van der Waals surface area (Å²) in [6.45, 7) is 0. The molecule has 0 radical (unpaired) electrons. The predicted octanol–water partition coefficient (Wildman–Crippen LogP) is 2.17. The van der Waals surface area contributed by atoms with Crippen molar-refractivity contribution in [3.05, 3.63) is 27.7 Å². The molecular weight excluding hydrogens is 340 g/mol. The molecule has 0 amide bonds. The summed E-state index contributed by atoms with van der Waals surface area (Å²) < 4.78 is 31.1. The van der Waals surface area contributed by atoms with Crippen LogP contribution in [0.3, 0.4) is 0 Å². The van der Waals surface area contributed by atoms with Gasteiger partial charge < -0.3 is 9.32 Å². The van der Waals surface area contributed by atoms with Crippen molar-refractivity contribution < 1.29 is 12.8 Å². The second-order valence-electron chi connectivity index (χ2n) is 6.48. The number of nitrogens with one attached hydrogen (secondary N) is 1. The van der Waals surface area contributed by atoms with E-state index in [4.69, 9.17) is 16.0 Å². The fourth-order valence-corrected chi connectivity index (χ4v) is 6.36. The first-order valence-electron chi connectivity index (χ1n) is 7.64. The standard InChI is InChI=1S/C15H17ClN2O4S/c1-18-8-2-3-9(18)5-10(4-8)23(20,21)14-7-13-12(6-11(14)16)17-15(19)22-13/h6-10H,2-5H2,1H3,(H,17,19)/t8-,9+,10?. The van der Waals surface area contributed by atoms with E-state index in [1.54, 1.807) is 0 Å². The first kappa shape index (κ1) is 15.2. The molecule has 6 nitrogen and oxygen atoms in total. The summed E-state index contributed by atoms with van der Waals surface area (Å²) >= 11 is 6.18. The van der Waals surface area contributed by atoms with Gasteiger partial charge in [0.05, 0.1) is 20.7 Å². The lowest BCUT2D eigenvalue weighted by Crippen LogP contribution is -2.44. The Morgan fingerprint density at radius 1 is 1.26 bits per heavy atom. The molecule has 1 N–H and O–H groups in total. The number of H-pyrrole nitrogens is 1. The molecule has 2 fully saturated rings. The molecule has 2 aromatic rings. The molecule has 8 heteroatoms. The van der Waals surface area contributed by atoms with Gasteiger partial charge in [0.2, 0.25) is 0 Å². The molecule has 2 saturated heterocycles. The number of aromatic amines is 1. The Labute approximate surface area is 138 Å². The minimum Gasteiger partial charge on any atom is -0.408 e. The number of fused-ring (bicyclic) bond motifs is 3. The van der Waals surface area contributed by atoms with Crippen molar-refractivity contribution in [2.24, 2.45) is 0 Å². The van der Waals surface area contributed by atoms with E-state index in [0.717, 1.165) is 12.8 Å². The van der Waals surface area contributed by atoms with Crippen LogP contribution in [-0.2, 0) is 9.84 Å². The van der Waals surface area contributed by atoms with Crippen molar-refractivity contribution in [3.63, 3.8) is 0 Å². The average molecular weight is 357 g/mol. The molecular formula is C15H17ClN2O4S. The summed E-state index contributed by atoms with van der Waals surface area (Å²) in [5.74, 6) is -0.622. The Balaban J connectivity index is 1.77. The van der Waals surface area contributed by atoms with Crippen LogP contribution in [0.1, 0.15) is 25.7 Å². The highest BCUT2D eigenvalue weighted by Gasteiger charge is 2.44. The van der Waals surface area contributed by atoms with Crippen LogP contribution in [0.4, 0.5) is 0 Å². The van der Waals surface area contributed by atoms with Gasteiger partial charge in [0.25, 0.3) is 0 Å². The minimum absolute atomic E-state index is 0.0587. The second-order valence-corrected chi connectivity index (χ2v) is 9.09. The molecule has 2 aliphatic rings. The molecule has 0 saturated carbocycles. The van der Waals surface area contributed by atoms with Crippen molar-refractivity contribution in [2.45, 2.75) is 47.9 Å². The van der Waals surface area contributed by atoms with Gasteiger partial charge in [-0.3, -0.25) is 4.98 Å². The zero-order valence-electron chi connectivity index (χ0n) is 12.6. The van der Waals surface area contributed by atoms with Crippen LogP contribution in [0, 0.1) is 0 Å². The monoisotopic (exact) mass is 356 g/mol. The van der Waals surface area contributed by atoms with Gasteiger partial charge in [0, 0.05) is 18.2 Å². The fraction of sp³-hybridized carbons (Fsp3) is 0.533. The third kappa shape index (κ3) is 2.33. The molecule has 3 atom stereocenters. The van der Waals surface area contributed by atoms with E-state index in [2.05, 4.69) is 16.9 Å². The fourth-order valence-electron chi connectivity index (χ4n) is 3.96. The maximum atomic E-state index is 13.1. The number of hydrogen-bond donors (Lipinski definition) is 1. The van der Waals surface area contributed by atoms with Gasteiger partial charge in [-0.1, -0.05) is 11.6 Å². The average Bonchev–Trinajstić information content (AvgIpc) is 2.91. The quantitative estimate of drug-likeness (QED) is 0.891. The number of oxazole rings is 1. The highest BCUT2D eigenvalue weighted by Crippen LogP contribution is 2.40. The number of aromatic nitrogens is 1. The van der Waals surface area contributed by atoms with Crippen molar-refractivity contribution in [1.29, 1.82) is 0 Å². The molecule has 0 aliphatic carbocycles. The van der Waals surface area contributed by atoms with Crippen LogP contribution in [-0.4, -0.2) is 42.7 Å². The van der Waals surface area contributed by atoms with Gasteiger partial charge in [-0.25, -0.2) is 13.2 Å². The van der Waals surface area contributed by atoms with Crippen molar-refractivity contribution in [2.75, 3.05) is 7.05 Å². The lowest BCUT2D eigenvalue weighted by Gasteiger charge is -2.36. The third-order valence-electron chi connectivity index (χ3n) is 5.27. The van der Waals surface area contributed by atoms with Gasteiger partial charge in [-0.2, -0.15) is 0 Å². The van der Waals surface area contributed by atoms with E-state index < -0.39 is 20.8 Å². The summed E-state index contributed by atoms with van der Waals surface area (Å²) in [5.41, 5.74) is 0.622. The Bertz CT molecular complexity index is 919. The van der Waals surface area contributed by atoms with E-state index in [1.165, 1.54) is 12.1 Å². The highest BCUT2D eigenvalue weighted by atomic mass is 35.5. The zero-order valence-corrected chi connectivity index (χ0v) is 14.2. The highest BCUT2D eigenvalue weighted by molar-refractivity contribution is 7.92. The van der Waals surface area contributed by atoms with E-state index in [-0.39, 0.29) is 15.5 Å². The van der Waals surface area contributed by atoms with Gasteiger partial charge in [-0.05, 0) is 38.8 Å². The Hall–Kier alpha value is -1.31. The molecule has 0 spiro atoms. The van der Waals surface area contributed by atoms with Gasteiger partial charge in [-0.15, -0.1) is 0 Å².